The molecule has 74 valence electrons. The minimum absolute atomic E-state index is 0.741. The molecule has 0 atom stereocenters. The van der Waals surface area contributed by atoms with Crippen LogP contribution in [-0.2, 0) is 0 Å². The number of hydrogen-bond acceptors (Lipinski definition) is 1. The summed E-state index contributed by atoms with van der Waals surface area (Å²) in [5.74, 6) is 0. The van der Waals surface area contributed by atoms with Crippen molar-refractivity contribution < 1.29 is 0 Å². The second-order valence-electron chi connectivity index (χ2n) is 4.17. The average molecular weight is 205 g/mol. The van der Waals surface area contributed by atoms with Crippen LogP contribution in [0.1, 0.15) is 0 Å². The Kier molecular flexibility index (Phi) is 2.23. The normalized spacial score (nSPS) is 13.1. The van der Waals surface area contributed by atoms with Gasteiger partial charge in [0.15, 0.2) is 0 Å². The summed E-state index contributed by atoms with van der Waals surface area (Å²) in [5.41, 5.74) is 0. The molecule has 1 aromatic carbocycles. The molecule has 2 rings (SSSR count). The Balaban J connectivity index is 2.78. The van der Waals surface area contributed by atoms with Crippen molar-refractivity contribution >= 4 is 20.8 Å². The number of nitrogens with zero attached hydrogens (tertiary/aromatic N) is 1. The topological polar surface area (TPSA) is 12.9 Å². The second kappa shape index (κ2) is 3.28. The predicted octanol–water partition coefficient (Wildman–Crippen LogP) is 3.29. The van der Waals surface area contributed by atoms with Crippen molar-refractivity contribution in [3.05, 3.63) is 36.5 Å². The summed E-state index contributed by atoms with van der Waals surface area (Å²) < 4.78 is 0. The molecule has 0 N–H and O–H groups in total. The Morgan fingerprint density at radius 2 is 1.71 bits per heavy atom. The van der Waals surface area contributed by atoms with Crippen molar-refractivity contribution in [1.29, 1.82) is 0 Å². The summed E-state index contributed by atoms with van der Waals surface area (Å²) in [6.45, 7) is 0. The summed E-state index contributed by atoms with van der Waals surface area (Å²) in [4.78, 5) is 4.52. The third-order valence-electron chi connectivity index (χ3n) is 2.22. The molecule has 0 aliphatic rings. The SMILES string of the molecule is CS(C)(C)c1nccc2ccccc12. The lowest BCUT2D eigenvalue weighted by molar-refractivity contribution is 1.17. The van der Waals surface area contributed by atoms with Gasteiger partial charge in [-0.05, 0) is 30.2 Å². The van der Waals surface area contributed by atoms with Crippen LogP contribution in [0, 0.1) is 0 Å². The molecule has 0 saturated heterocycles. The lowest BCUT2D eigenvalue weighted by Gasteiger charge is -2.25. The van der Waals surface area contributed by atoms with Crippen molar-refractivity contribution in [2.24, 2.45) is 0 Å². The average Bonchev–Trinajstić information content (AvgIpc) is 2.15. The zero-order chi connectivity index (χ0) is 10.2. The molecular formula is C12H15NS. The monoisotopic (exact) mass is 205 g/mol. The molecule has 0 fully saturated rings. The van der Waals surface area contributed by atoms with Gasteiger partial charge in [0.25, 0.3) is 0 Å². The molecule has 14 heavy (non-hydrogen) atoms. The van der Waals surface area contributed by atoms with Crippen LogP contribution < -0.4 is 0 Å². The molecule has 1 aromatic heterocycles. The molecule has 0 aliphatic carbocycles. The molecule has 1 nitrogen and oxygen atoms in total. The minimum Gasteiger partial charge on any atom is -0.251 e. The van der Waals surface area contributed by atoms with Crippen LogP contribution >= 0.6 is 10.0 Å². The first-order valence-corrected chi connectivity index (χ1v) is 7.47. The molecular weight excluding hydrogens is 190 g/mol. The Morgan fingerprint density at radius 1 is 1.00 bits per heavy atom. The van der Waals surface area contributed by atoms with Crippen LogP contribution in [0.25, 0.3) is 10.8 Å². The van der Waals surface area contributed by atoms with Gasteiger partial charge in [0.05, 0.1) is 5.03 Å². The standard InChI is InChI=1S/C12H15NS/c1-14(2,3)12-11-7-5-4-6-10(11)8-9-13-12/h4-9H,1-3H3. The Hall–Kier alpha value is -1.02. The van der Waals surface area contributed by atoms with E-state index in [1.807, 2.05) is 6.20 Å². The van der Waals surface area contributed by atoms with Gasteiger partial charge in [-0.2, -0.15) is 0 Å². The van der Waals surface area contributed by atoms with E-state index in [0.29, 0.717) is 0 Å². The fourth-order valence-electron chi connectivity index (χ4n) is 1.58. The highest BCUT2D eigenvalue weighted by Crippen LogP contribution is 2.46. The number of fused-ring (bicyclic) bond motifs is 1. The number of pyridine rings is 1. The maximum absolute atomic E-state index is 4.52. The van der Waals surface area contributed by atoms with Gasteiger partial charge >= 0.3 is 0 Å². The van der Waals surface area contributed by atoms with Crippen molar-refractivity contribution in [2.45, 2.75) is 5.03 Å². The molecule has 2 heteroatoms. The fourth-order valence-corrected chi connectivity index (χ4v) is 2.80. The van der Waals surface area contributed by atoms with E-state index >= 15 is 0 Å². The number of rotatable bonds is 1. The van der Waals surface area contributed by atoms with Crippen molar-refractivity contribution in [3.8, 4) is 0 Å². The van der Waals surface area contributed by atoms with Gasteiger partial charge in [-0.3, -0.25) is 4.98 Å². The molecule has 1 heterocycles. The predicted molar refractivity (Wildman–Crippen MR) is 65.4 cm³/mol. The summed E-state index contributed by atoms with van der Waals surface area (Å²) in [5, 5.41) is 3.85. The van der Waals surface area contributed by atoms with Gasteiger partial charge in [-0.15, -0.1) is 0 Å². The summed E-state index contributed by atoms with van der Waals surface area (Å²) >= 11 is 0. The highest BCUT2D eigenvalue weighted by atomic mass is 32.3. The zero-order valence-corrected chi connectivity index (χ0v) is 9.64. The molecule has 0 saturated carbocycles. The van der Waals surface area contributed by atoms with Gasteiger partial charge in [0, 0.05) is 11.6 Å². The number of benzene rings is 1. The van der Waals surface area contributed by atoms with Crippen LogP contribution in [0.4, 0.5) is 0 Å². The summed E-state index contributed by atoms with van der Waals surface area (Å²) in [7, 11) is -0.741. The van der Waals surface area contributed by atoms with Crippen molar-refractivity contribution in [1.82, 2.24) is 4.98 Å². The molecule has 0 amide bonds. The van der Waals surface area contributed by atoms with E-state index in [9.17, 15) is 0 Å². The van der Waals surface area contributed by atoms with E-state index in [-0.39, 0.29) is 0 Å². The second-order valence-corrected chi connectivity index (χ2v) is 8.24. The van der Waals surface area contributed by atoms with Gasteiger partial charge in [0.2, 0.25) is 0 Å². The first-order valence-electron chi connectivity index (χ1n) is 4.61. The maximum Gasteiger partial charge on any atom is 0.0861 e. The summed E-state index contributed by atoms with van der Waals surface area (Å²) in [6.07, 6.45) is 8.75. The van der Waals surface area contributed by atoms with Crippen LogP contribution in [0.5, 0.6) is 0 Å². The minimum atomic E-state index is -0.741. The fraction of sp³-hybridized carbons (Fsp3) is 0.250. The molecule has 0 spiro atoms. The van der Waals surface area contributed by atoms with Crippen LogP contribution in [0.15, 0.2) is 41.6 Å². The highest BCUT2D eigenvalue weighted by Gasteiger charge is 2.12. The van der Waals surface area contributed by atoms with E-state index in [1.54, 1.807) is 0 Å². The van der Waals surface area contributed by atoms with Crippen LogP contribution in [0.3, 0.4) is 0 Å². The van der Waals surface area contributed by atoms with Gasteiger partial charge in [-0.25, -0.2) is 10.0 Å². The number of hydrogen-bond donors (Lipinski definition) is 0. The van der Waals surface area contributed by atoms with Crippen LogP contribution in [0.2, 0.25) is 0 Å². The van der Waals surface area contributed by atoms with Gasteiger partial charge in [0.1, 0.15) is 0 Å². The molecule has 0 unspecified atom stereocenters. The Bertz CT molecular complexity index is 452. The molecule has 0 aliphatic heterocycles. The smallest absolute Gasteiger partial charge is 0.0861 e. The first kappa shape index (κ1) is 9.53. The summed E-state index contributed by atoms with van der Waals surface area (Å²) in [6, 6.07) is 10.5. The maximum atomic E-state index is 4.52. The third kappa shape index (κ3) is 1.62. The van der Waals surface area contributed by atoms with E-state index < -0.39 is 10.0 Å². The Labute approximate surface area is 86.5 Å². The van der Waals surface area contributed by atoms with E-state index in [1.165, 1.54) is 15.8 Å². The molecule has 0 bridgehead atoms. The lowest BCUT2D eigenvalue weighted by atomic mass is 10.2. The third-order valence-corrected chi connectivity index (χ3v) is 3.70. The number of aromatic nitrogens is 1. The van der Waals surface area contributed by atoms with Gasteiger partial charge in [-0.1, -0.05) is 24.3 Å². The zero-order valence-electron chi connectivity index (χ0n) is 8.82. The molecule has 0 radical (unpaired) electrons. The van der Waals surface area contributed by atoms with Crippen molar-refractivity contribution in [3.63, 3.8) is 0 Å². The highest BCUT2D eigenvalue weighted by molar-refractivity contribution is 8.32. The van der Waals surface area contributed by atoms with Gasteiger partial charge < -0.3 is 0 Å². The Morgan fingerprint density at radius 3 is 2.43 bits per heavy atom. The quantitative estimate of drug-likeness (QED) is 0.696. The first-order chi connectivity index (χ1) is 6.59. The largest absolute Gasteiger partial charge is 0.251 e. The van der Waals surface area contributed by atoms with Crippen LogP contribution in [-0.4, -0.2) is 23.8 Å². The van der Waals surface area contributed by atoms with Crippen molar-refractivity contribution in [2.75, 3.05) is 18.8 Å². The van der Waals surface area contributed by atoms with E-state index in [2.05, 4.69) is 54.1 Å². The van der Waals surface area contributed by atoms with E-state index in [0.717, 1.165) is 0 Å². The lowest BCUT2D eigenvalue weighted by Crippen LogP contribution is -1.97. The molecule has 2 aromatic rings. The van der Waals surface area contributed by atoms with E-state index in [4.69, 9.17) is 0 Å².